The fourth-order valence-electron chi connectivity index (χ4n) is 3.84. The molecular formula is C17H19Cl2NO3. The van der Waals surface area contributed by atoms with Crippen molar-refractivity contribution in [1.82, 2.24) is 0 Å². The number of hydrogen-bond donors (Lipinski definition) is 1. The number of carbonyl (C=O) groups excluding carboxylic acids is 2. The van der Waals surface area contributed by atoms with Crippen LogP contribution in [0, 0.1) is 17.8 Å². The number of hydrogen-bond acceptors (Lipinski definition) is 3. The van der Waals surface area contributed by atoms with Crippen LogP contribution in [0.2, 0.25) is 10.0 Å². The summed E-state index contributed by atoms with van der Waals surface area (Å²) in [5, 5.41) is 3.27. The summed E-state index contributed by atoms with van der Waals surface area (Å²) >= 11 is 12.0. The zero-order valence-corrected chi connectivity index (χ0v) is 14.2. The molecule has 4 nitrogen and oxygen atoms in total. The van der Waals surface area contributed by atoms with Crippen molar-refractivity contribution in [2.24, 2.45) is 17.8 Å². The lowest BCUT2D eigenvalue weighted by molar-refractivity contribution is -0.148. The van der Waals surface area contributed by atoms with Crippen molar-refractivity contribution in [3.63, 3.8) is 0 Å². The number of carbonyl (C=O) groups is 2. The summed E-state index contributed by atoms with van der Waals surface area (Å²) in [5.41, 5.74) is 0.338. The predicted molar refractivity (Wildman–Crippen MR) is 89.6 cm³/mol. The molecule has 0 saturated heterocycles. The van der Waals surface area contributed by atoms with E-state index < -0.39 is 5.91 Å². The van der Waals surface area contributed by atoms with Crippen molar-refractivity contribution >= 4 is 40.8 Å². The van der Waals surface area contributed by atoms with E-state index in [0.717, 1.165) is 12.3 Å². The first-order chi connectivity index (χ1) is 11.0. The minimum Gasteiger partial charge on any atom is -0.456 e. The summed E-state index contributed by atoms with van der Waals surface area (Å²) in [5.74, 6) is 1.15. The zero-order valence-electron chi connectivity index (χ0n) is 12.7. The summed E-state index contributed by atoms with van der Waals surface area (Å²) in [6.07, 6.45) is 5.33. The molecule has 3 rings (SSSR count). The van der Waals surface area contributed by atoms with Gasteiger partial charge < -0.3 is 10.1 Å². The zero-order chi connectivity index (χ0) is 16.4. The van der Waals surface area contributed by atoms with Crippen LogP contribution in [0.1, 0.15) is 32.1 Å². The Hall–Kier alpha value is -1.26. The van der Waals surface area contributed by atoms with Crippen molar-refractivity contribution in [3.8, 4) is 0 Å². The number of esters is 1. The fraction of sp³-hybridized carbons (Fsp3) is 0.529. The number of rotatable bonds is 5. The molecule has 2 fully saturated rings. The molecule has 1 aromatic carbocycles. The number of benzene rings is 1. The van der Waals surface area contributed by atoms with Gasteiger partial charge >= 0.3 is 5.97 Å². The maximum atomic E-state index is 11.9. The standard InChI is InChI=1S/C17H19Cl2NO3/c18-13-2-1-3-14(19)17(13)20-15(21)9-23-16(22)8-12-7-10-4-5-11(12)6-10/h1-3,10-12H,4-9H2,(H,20,21)/t10-,11+,12-/m0/s1. The second-order valence-corrected chi connectivity index (χ2v) is 7.26. The lowest BCUT2D eigenvalue weighted by atomic mass is 9.86. The molecule has 0 aliphatic heterocycles. The third-order valence-electron chi connectivity index (χ3n) is 4.90. The van der Waals surface area contributed by atoms with Crippen molar-refractivity contribution in [2.75, 3.05) is 11.9 Å². The number of nitrogens with one attached hydrogen (secondary N) is 1. The quantitative estimate of drug-likeness (QED) is 0.801. The minimum atomic E-state index is -0.443. The molecule has 1 N–H and O–H groups in total. The van der Waals surface area contributed by atoms with Gasteiger partial charge in [0.1, 0.15) is 0 Å². The van der Waals surface area contributed by atoms with Gasteiger partial charge in [-0.15, -0.1) is 0 Å². The largest absolute Gasteiger partial charge is 0.456 e. The van der Waals surface area contributed by atoms with Gasteiger partial charge in [-0.05, 0) is 49.1 Å². The smallest absolute Gasteiger partial charge is 0.306 e. The van der Waals surface area contributed by atoms with Gasteiger partial charge in [-0.2, -0.15) is 0 Å². The maximum Gasteiger partial charge on any atom is 0.306 e. The summed E-state index contributed by atoms with van der Waals surface area (Å²) in [7, 11) is 0. The van der Waals surface area contributed by atoms with Crippen LogP contribution in [0.25, 0.3) is 0 Å². The Bertz CT molecular complexity index is 600. The first kappa shape index (κ1) is 16.6. The molecule has 0 aromatic heterocycles. The molecule has 0 heterocycles. The van der Waals surface area contributed by atoms with Gasteiger partial charge in [-0.25, -0.2) is 0 Å². The topological polar surface area (TPSA) is 55.4 Å². The first-order valence-electron chi connectivity index (χ1n) is 7.92. The average Bonchev–Trinajstić information content (AvgIpc) is 3.12. The van der Waals surface area contributed by atoms with E-state index >= 15 is 0 Å². The Morgan fingerprint density at radius 1 is 1.17 bits per heavy atom. The molecule has 0 radical (unpaired) electrons. The second kappa shape index (κ2) is 7.10. The summed E-state index contributed by atoms with van der Waals surface area (Å²) in [6.45, 7) is -0.318. The van der Waals surface area contributed by atoms with Crippen molar-refractivity contribution in [2.45, 2.75) is 32.1 Å². The molecule has 23 heavy (non-hydrogen) atoms. The lowest BCUT2D eigenvalue weighted by Crippen LogP contribution is -2.23. The third-order valence-corrected chi connectivity index (χ3v) is 5.53. The molecule has 0 unspecified atom stereocenters. The van der Waals surface area contributed by atoms with E-state index in [0.29, 0.717) is 34.0 Å². The molecule has 0 spiro atoms. The number of ether oxygens (including phenoxy) is 1. The molecule has 6 heteroatoms. The SMILES string of the molecule is O=C(COC(=O)C[C@@H]1C[C@H]2CC[C@@H]1C2)Nc1c(Cl)cccc1Cl. The van der Waals surface area contributed by atoms with Gasteiger partial charge in [0.05, 0.1) is 15.7 Å². The van der Waals surface area contributed by atoms with Crippen LogP contribution in [-0.4, -0.2) is 18.5 Å². The minimum absolute atomic E-state index is 0.303. The van der Waals surface area contributed by atoms with Crippen LogP contribution >= 0.6 is 23.2 Å². The molecule has 124 valence electrons. The van der Waals surface area contributed by atoms with E-state index in [1.54, 1.807) is 18.2 Å². The highest BCUT2D eigenvalue weighted by molar-refractivity contribution is 6.39. The number of halogens is 2. The molecule has 2 aliphatic carbocycles. The molecular weight excluding hydrogens is 337 g/mol. The Labute approximate surface area is 145 Å². The van der Waals surface area contributed by atoms with Gasteiger partial charge in [-0.1, -0.05) is 35.7 Å². The highest BCUT2D eigenvalue weighted by Gasteiger charge is 2.40. The lowest BCUT2D eigenvalue weighted by Gasteiger charge is -2.20. The monoisotopic (exact) mass is 355 g/mol. The molecule has 1 amide bonds. The first-order valence-corrected chi connectivity index (χ1v) is 8.68. The summed E-state index contributed by atoms with van der Waals surface area (Å²) in [4.78, 5) is 23.8. The van der Waals surface area contributed by atoms with Crippen LogP contribution in [0.4, 0.5) is 5.69 Å². The van der Waals surface area contributed by atoms with Crippen molar-refractivity contribution in [1.29, 1.82) is 0 Å². The molecule has 2 bridgehead atoms. The van der Waals surface area contributed by atoms with Gasteiger partial charge in [0.15, 0.2) is 6.61 Å². The number of para-hydroxylation sites is 1. The number of fused-ring (bicyclic) bond motifs is 2. The van der Waals surface area contributed by atoms with E-state index in [2.05, 4.69) is 5.32 Å². The van der Waals surface area contributed by atoms with Crippen LogP contribution in [-0.2, 0) is 14.3 Å². The van der Waals surface area contributed by atoms with E-state index in [4.69, 9.17) is 27.9 Å². The molecule has 2 aliphatic rings. The normalized spacial score (nSPS) is 25.4. The van der Waals surface area contributed by atoms with Gasteiger partial charge in [-0.3, -0.25) is 9.59 Å². The Morgan fingerprint density at radius 3 is 2.52 bits per heavy atom. The van der Waals surface area contributed by atoms with Crippen LogP contribution in [0.15, 0.2) is 18.2 Å². The highest BCUT2D eigenvalue weighted by Crippen LogP contribution is 2.49. The Balaban J connectivity index is 1.44. The van der Waals surface area contributed by atoms with Crippen LogP contribution in [0.5, 0.6) is 0 Å². The van der Waals surface area contributed by atoms with Crippen LogP contribution < -0.4 is 5.32 Å². The maximum absolute atomic E-state index is 11.9. The van der Waals surface area contributed by atoms with Gasteiger partial charge in [0.25, 0.3) is 5.91 Å². The van der Waals surface area contributed by atoms with Gasteiger partial charge in [0, 0.05) is 6.42 Å². The molecule has 3 atom stereocenters. The Kier molecular flexibility index (Phi) is 5.12. The van der Waals surface area contributed by atoms with E-state index in [9.17, 15) is 9.59 Å². The van der Waals surface area contributed by atoms with Crippen LogP contribution in [0.3, 0.4) is 0 Å². The predicted octanol–water partition coefficient (Wildman–Crippen LogP) is 4.30. The highest BCUT2D eigenvalue weighted by atomic mass is 35.5. The van der Waals surface area contributed by atoms with Crippen molar-refractivity contribution in [3.05, 3.63) is 28.2 Å². The van der Waals surface area contributed by atoms with E-state index in [1.165, 1.54) is 19.3 Å². The average molecular weight is 356 g/mol. The van der Waals surface area contributed by atoms with E-state index in [-0.39, 0.29) is 12.6 Å². The number of amides is 1. The fourth-order valence-corrected chi connectivity index (χ4v) is 4.33. The van der Waals surface area contributed by atoms with Crippen molar-refractivity contribution < 1.29 is 14.3 Å². The molecule has 2 saturated carbocycles. The second-order valence-electron chi connectivity index (χ2n) is 6.44. The third kappa shape index (κ3) is 3.99. The van der Waals surface area contributed by atoms with Gasteiger partial charge in [0.2, 0.25) is 0 Å². The summed E-state index contributed by atoms with van der Waals surface area (Å²) < 4.78 is 5.09. The Morgan fingerprint density at radius 2 is 1.91 bits per heavy atom. The molecule has 1 aromatic rings. The number of anilines is 1. The summed E-state index contributed by atoms with van der Waals surface area (Å²) in [6, 6.07) is 4.95. The van der Waals surface area contributed by atoms with E-state index in [1.807, 2.05) is 0 Å².